The van der Waals surface area contributed by atoms with E-state index in [1.54, 1.807) is 12.1 Å². The van der Waals surface area contributed by atoms with Gasteiger partial charge in [-0.15, -0.1) is 11.8 Å². The highest BCUT2D eigenvalue weighted by Crippen LogP contribution is 2.48. The standard InChI is InChI=1S/C43H44N6O6S/c50-25-34-30-17-20-48(24-26-15-18-44-19-16-26)40(30)32-23-28(11-12-33(32)46-34)27-6-4-7-29(22-27)45-37(51)10-2-1-3-21-56-36-9-5-8-31-39(36)43(55)49(42(31)54)35-13-14-38(52)47-41(35)53/h4-9,11-12,15-16,18-19,22-23,30,34-35,40,46,50H,1-3,10,13-14,17,20-21,24-25H2,(H,45,51)(H,47,52,53)/t30-,34-,35?,40-/m1/s1. The van der Waals surface area contributed by atoms with Gasteiger partial charge in [-0.05, 0) is 109 Å². The van der Waals surface area contributed by atoms with E-state index in [0.717, 1.165) is 59.8 Å². The van der Waals surface area contributed by atoms with E-state index >= 15 is 0 Å². The van der Waals surface area contributed by atoms with Crippen molar-refractivity contribution in [3.8, 4) is 11.1 Å². The van der Waals surface area contributed by atoms with E-state index in [-0.39, 0.29) is 43.0 Å². The van der Waals surface area contributed by atoms with Crippen molar-refractivity contribution in [3.05, 3.63) is 107 Å². The fourth-order valence-corrected chi connectivity index (χ4v) is 9.67. The number of rotatable bonds is 13. The topological polar surface area (TPSA) is 161 Å². The number of thioether (sulfide) groups is 1. The third kappa shape index (κ3) is 7.58. The van der Waals surface area contributed by atoms with Gasteiger partial charge in [0, 0.05) is 60.0 Å². The number of imide groups is 2. The summed E-state index contributed by atoms with van der Waals surface area (Å²) < 4.78 is 0. The second-order valence-electron chi connectivity index (χ2n) is 14.9. The lowest BCUT2D eigenvalue weighted by Crippen LogP contribution is -2.54. The molecule has 4 aromatic rings. The lowest BCUT2D eigenvalue weighted by Gasteiger charge is -2.39. The van der Waals surface area contributed by atoms with Gasteiger partial charge in [0.05, 0.1) is 23.8 Å². The third-order valence-electron chi connectivity index (χ3n) is 11.3. The van der Waals surface area contributed by atoms with Gasteiger partial charge >= 0.3 is 0 Å². The molecule has 288 valence electrons. The summed E-state index contributed by atoms with van der Waals surface area (Å²) in [6.07, 6.45) is 7.54. The molecule has 4 atom stereocenters. The Hall–Kier alpha value is -5.37. The van der Waals surface area contributed by atoms with Crippen LogP contribution in [0.1, 0.15) is 82.8 Å². The minimum Gasteiger partial charge on any atom is -0.394 e. The lowest BCUT2D eigenvalue weighted by molar-refractivity contribution is -0.136. The molecule has 1 unspecified atom stereocenters. The van der Waals surface area contributed by atoms with E-state index in [0.29, 0.717) is 35.0 Å². The zero-order valence-electron chi connectivity index (χ0n) is 30.9. The van der Waals surface area contributed by atoms with Crippen LogP contribution in [0.2, 0.25) is 0 Å². The molecule has 0 spiro atoms. The number of aromatic nitrogens is 1. The maximum absolute atomic E-state index is 13.4. The number of aliphatic hydroxyl groups excluding tert-OH is 1. The molecule has 1 aromatic heterocycles. The van der Waals surface area contributed by atoms with E-state index < -0.39 is 29.7 Å². The van der Waals surface area contributed by atoms with E-state index in [2.05, 4.69) is 62.2 Å². The smallest absolute Gasteiger partial charge is 0.263 e. The Balaban J connectivity index is 0.844. The second kappa shape index (κ2) is 16.4. The Morgan fingerprint density at radius 1 is 0.911 bits per heavy atom. The number of carbonyl (C=O) groups is 5. The Morgan fingerprint density at radius 3 is 2.55 bits per heavy atom. The molecule has 4 aliphatic rings. The van der Waals surface area contributed by atoms with Crippen LogP contribution >= 0.6 is 11.8 Å². The molecule has 4 N–H and O–H groups in total. The summed E-state index contributed by atoms with van der Waals surface area (Å²) >= 11 is 1.48. The molecule has 2 fully saturated rings. The summed E-state index contributed by atoms with van der Waals surface area (Å²) in [6, 6.07) is 22.8. The number of nitrogens with one attached hydrogen (secondary N) is 3. The SMILES string of the molecule is O=C1CCC(N2C(=O)c3cccc(SCCCCCC(=O)Nc4cccc(-c5ccc6c(c5)[C@H]5[C@H](CCN5Cc5ccncc5)[C@@H](CO)N6)c4)c3C2=O)C(=O)N1. The van der Waals surface area contributed by atoms with Crippen molar-refractivity contribution < 1.29 is 29.1 Å². The summed E-state index contributed by atoms with van der Waals surface area (Å²) in [7, 11) is 0. The van der Waals surface area contributed by atoms with Crippen LogP contribution in [0.3, 0.4) is 0 Å². The second-order valence-corrected chi connectivity index (χ2v) is 16.0. The number of likely N-dealkylation sites (tertiary alicyclic amines) is 1. The van der Waals surface area contributed by atoms with E-state index in [1.165, 1.54) is 22.9 Å². The predicted molar refractivity (Wildman–Crippen MR) is 213 cm³/mol. The van der Waals surface area contributed by atoms with Crippen molar-refractivity contribution in [2.24, 2.45) is 5.92 Å². The average Bonchev–Trinajstić information content (AvgIpc) is 3.74. The number of hydrogen-bond donors (Lipinski definition) is 4. The number of nitrogens with zero attached hydrogens (tertiary/aromatic N) is 3. The van der Waals surface area contributed by atoms with Crippen molar-refractivity contribution in [2.45, 2.75) is 74.5 Å². The van der Waals surface area contributed by atoms with E-state index in [4.69, 9.17) is 0 Å². The maximum Gasteiger partial charge on any atom is 0.263 e. The predicted octanol–water partition coefficient (Wildman–Crippen LogP) is 5.79. The number of pyridine rings is 1. The molecule has 13 heteroatoms. The summed E-state index contributed by atoms with van der Waals surface area (Å²) in [6.45, 7) is 1.85. The van der Waals surface area contributed by atoms with Crippen molar-refractivity contribution in [1.82, 2.24) is 20.1 Å². The fourth-order valence-electron chi connectivity index (χ4n) is 8.59. The van der Waals surface area contributed by atoms with Crippen LogP contribution in [0.15, 0.2) is 90.1 Å². The van der Waals surface area contributed by atoms with Crippen LogP contribution < -0.4 is 16.0 Å². The number of amides is 5. The van der Waals surface area contributed by atoms with Gasteiger partial charge in [0.15, 0.2) is 0 Å². The van der Waals surface area contributed by atoms with Gasteiger partial charge in [-0.3, -0.25) is 44.1 Å². The van der Waals surface area contributed by atoms with Gasteiger partial charge in [0.1, 0.15) is 6.04 Å². The number of fused-ring (bicyclic) bond motifs is 4. The average molecular weight is 773 g/mol. The highest BCUT2D eigenvalue weighted by atomic mass is 32.2. The summed E-state index contributed by atoms with van der Waals surface area (Å²) in [5.74, 6) is -1.12. The van der Waals surface area contributed by atoms with Crippen molar-refractivity contribution in [3.63, 3.8) is 0 Å². The quantitative estimate of drug-likeness (QED) is 0.0744. The minimum absolute atomic E-state index is 0.000183. The molecular formula is C43H44N6O6S. The molecular weight excluding hydrogens is 729 g/mol. The normalized spacial score (nSPS) is 21.6. The van der Waals surface area contributed by atoms with Crippen LogP contribution in [0, 0.1) is 5.92 Å². The van der Waals surface area contributed by atoms with Crippen LogP contribution in [-0.2, 0) is 20.9 Å². The zero-order chi connectivity index (χ0) is 38.8. The monoisotopic (exact) mass is 772 g/mol. The van der Waals surface area contributed by atoms with Gasteiger partial charge in [0.2, 0.25) is 17.7 Å². The first-order chi connectivity index (χ1) is 27.3. The molecule has 4 aliphatic heterocycles. The molecule has 0 bridgehead atoms. The largest absolute Gasteiger partial charge is 0.394 e. The molecule has 12 nitrogen and oxygen atoms in total. The van der Waals surface area contributed by atoms with Crippen LogP contribution in [0.5, 0.6) is 0 Å². The van der Waals surface area contributed by atoms with Crippen molar-refractivity contribution in [1.29, 1.82) is 0 Å². The Bertz CT molecular complexity index is 2180. The molecule has 0 saturated carbocycles. The molecule has 56 heavy (non-hydrogen) atoms. The zero-order valence-corrected chi connectivity index (χ0v) is 31.7. The number of piperidine rings is 1. The number of unbranched alkanes of at least 4 members (excludes halogenated alkanes) is 2. The van der Waals surface area contributed by atoms with Gasteiger partial charge in [-0.25, -0.2) is 0 Å². The third-order valence-corrected chi connectivity index (χ3v) is 12.5. The van der Waals surface area contributed by atoms with Crippen molar-refractivity contribution in [2.75, 3.05) is 29.5 Å². The first-order valence-electron chi connectivity index (χ1n) is 19.3. The van der Waals surface area contributed by atoms with Gasteiger partial charge in [0.25, 0.3) is 11.8 Å². The van der Waals surface area contributed by atoms with E-state index in [1.807, 2.05) is 36.7 Å². The summed E-state index contributed by atoms with van der Waals surface area (Å²) in [5, 5.41) is 19.1. The first kappa shape index (κ1) is 37.5. The molecule has 8 rings (SSSR count). The molecule has 5 heterocycles. The van der Waals surface area contributed by atoms with Gasteiger partial charge < -0.3 is 15.7 Å². The molecule has 0 radical (unpaired) electrons. The van der Waals surface area contributed by atoms with Crippen LogP contribution in [0.25, 0.3) is 11.1 Å². The highest BCUT2D eigenvalue weighted by Gasteiger charge is 2.46. The Labute approximate surface area is 329 Å². The number of hydrogen-bond acceptors (Lipinski definition) is 10. The number of carbonyl (C=O) groups excluding carboxylic acids is 5. The summed E-state index contributed by atoms with van der Waals surface area (Å²) in [5.41, 5.74) is 6.88. The summed E-state index contributed by atoms with van der Waals surface area (Å²) in [4.78, 5) is 71.9. The lowest BCUT2D eigenvalue weighted by atomic mass is 9.82. The highest BCUT2D eigenvalue weighted by molar-refractivity contribution is 7.99. The number of benzene rings is 3. The molecule has 3 aromatic carbocycles. The van der Waals surface area contributed by atoms with Crippen LogP contribution in [0.4, 0.5) is 11.4 Å². The van der Waals surface area contributed by atoms with Crippen molar-refractivity contribution >= 4 is 52.7 Å². The maximum atomic E-state index is 13.4. The molecule has 5 amide bonds. The number of anilines is 2. The fraction of sp³-hybridized carbons (Fsp3) is 0.349. The minimum atomic E-state index is -0.996. The van der Waals surface area contributed by atoms with E-state index in [9.17, 15) is 29.1 Å². The molecule has 0 aliphatic carbocycles. The first-order valence-corrected chi connectivity index (χ1v) is 20.3. The Morgan fingerprint density at radius 2 is 1.73 bits per heavy atom. The van der Waals surface area contributed by atoms with Gasteiger partial charge in [-0.2, -0.15) is 0 Å². The van der Waals surface area contributed by atoms with Gasteiger partial charge in [-0.1, -0.05) is 30.7 Å². The number of aliphatic hydroxyl groups is 1. The van der Waals surface area contributed by atoms with Crippen LogP contribution in [-0.4, -0.2) is 80.4 Å². The Kier molecular flexibility index (Phi) is 11.0. The molecule has 2 saturated heterocycles.